The number of guanidine groups is 1. The lowest BCUT2D eigenvalue weighted by Gasteiger charge is -2.32. The average molecular weight is 488 g/mol. The molecule has 3 N–H and O–H groups in total. The minimum Gasteiger partial charge on any atom is -0.370 e. The van der Waals surface area contributed by atoms with Crippen LogP contribution in [0.15, 0.2) is 29.4 Å². The minimum atomic E-state index is 0. The van der Waals surface area contributed by atoms with Gasteiger partial charge in [-0.2, -0.15) is 0 Å². The Morgan fingerprint density at radius 1 is 1.22 bits per heavy atom. The van der Waals surface area contributed by atoms with Gasteiger partial charge in [0.1, 0.15) is 5.82 Å². The first-order chi connectivity index (χ1) is 12.8. The van der Waals surface area contributed by atoms with E-state index in [-0.39, 0.29) is 24.0 Å². The van der Waals surface area contributed by atoms with E-state index in [2.05, 4.69) is 39.7 Å². The number of anilines is 1. The standard InChI is InChI=1S/C20H36N6.HI/c1-3-15-26-16-10-18(11-17-26)25-20(21-4-2)24-14-8-7-13-23-19-9-5-6-12-22-19;/h5-6,9,12,18H,3-4,7-8,10-11,13-17H2,1-2H3,(H,22,23)(H2,21,24,25);1H. The molecule has 6 nitrogen and oxygen atoms in total. The first-order valence-electron chi connectivity index (χ1n) is 10.2. The fraction of sp³-hybridized carbons (Fsp3) is 0.700. The Balaban J connectivity index is 0.00000364. The molecule has 1 aromatic heterocycles. The number of likely N-dealkylation sites (tertiary alicyclic amines) is 1. The molecule has 0 atom stereocenters. The zero-order valence-corrected chi connectivity index (χ0v) is 19.2. The highest BCUT2D eigenvalue weighted by Gasteiger charge is 2.19. The molecular weight excluding hydrogens is 451 g/mol. The molecule has 7 heteroatoms. The van der Waals surface area contributed by atoms with E-state index in [1.54, 1.807) is 0 Å². The van der Waals surface area contributed by atoms with Crippen LogP contribution < -0.4 is 16.0 Å². The minimum absolute atomic E-state index is 0. The van der Waals surface area contributed by atoms with Crippen LogP contribution >= 0.6 is 24.0 Å². The molecule has 27 heavy (non-hydrogen) atoms. The van der Waals surface area contributed by atoms with Gasteiger partial charge in [-0.05, 0) is 57.7 Å². The predicted octanol–water partition coefficient (Wildman–Crippen LogP) is 3.32. The number of halogens is 1. The maximum Gasteiger partial charge on any atom is 0.191 e. The van der Waals surface area contributed by atoms with Crippen LogP contribution in [-0.4, -0.2) is 61.2 Å². The van der Waals surface area contributed by atoms with Gasteiger partial charge in [-0.3, -0.25) is 4.99 Å². The molecule has 0 bridgehead atoms. The SMILES string of the molecule is CCCN1CCC(NC(=NCCCCNc2ccccn2)NCC)CC1.I. The third kappa shape index (κ3) is 10.1. The normalized spacial score (nSPS) is 15.9. The highest BCUT2D eigenvalue weighted by molar-refractivity contribution is 14.0. The Morgan fingerprint density at radius 3 is 2.70 bits per heavy atom. The smallest absolute Gasteiger partial charge is 0.191 e. The quantitative estimate of drug-likeness (QED) is 0.204. The Labute approximate surface area is 182 Å². The van der Waals surface area contributed by atoms with Gasteiger partial charge >= 0.3 is 0 Å². The third-order valence-corrected chi connectivity index (χ3v) is 4.64. The fourth-order valence-corrected chi connectivity index (χ4v) is 3.24. The molecule has 2 heterocycles. The molecule has 0 aliphatic carbocycles. The summed E-state index contributed by atoms with van der Waals surface area (Å²) in [5.41, 5.74) is 0. The lowest BCUT2D eigenvalue weighted by Crippen LogP contribution is -2.48. The Bertz CT molecular complexity index is 502. The molecule has 0 radical (unpaired) electrons. The van der Waals surface area contributed by atoms with E-state index in [0.717, 1.165) is 44.3 Å². The van der Waals surface area contributed by atoms with E-state index in [4.69, 9.17) is 4.99 Å². The van der Waals surface area contributed by atoms with Gasteiger partial charge in [0.2, 0.25) is 0 Å². The van der Waals surface area contributed by atoms with E-state index in [0.29, 0.717) is 6.04 Å². The summed E-state index contributed by atoms with van der Waals surface area (Å²) in [4.78, 5) is 11.6. The van der Waals surface area contributed by atoms with Crippen LogP contribution in [0.2, 0.25) is 0 Å². The number of aliphatic imine (C=N–C) groups is 1. The molecule has 1 aromatic rings. The van der Waals surface area contributed by atoms with Crippen LogP contribution in [0.4, 0.5) is 5.82 Å². The number of nitrogens with one attached hydrogen (secondary N) is 3. The van der Waals surface area contributed by atoms with E-state index in [1.807, 2.05) is 24.4 Å². The number of pyridine rings is 1. The van der Waals surface area contributed by atoms with E-state index in [1.165, 1.54) is 38.9 Å². The average Bonchev–Trinajstić information content (AvgIpc) is 2.67. The van der Waals surface area contributed by atoms with Crippen molar-refractivity contribution >= 4 is 35.8 Å². The summed E-state index contributed by atoms with van der Waals surface area (Å²) >= 11 is 0. The summed E-state index contributed by atoms with van der Waals surface area (Å²) in [6, 6.07) is 6.48. The van der Waals surface area contributed by atoms with Gasteiger partial charge in [0.05, 0.1) is 0 Å². The molecular formula is C20H37IN6. The molecule has 0 saturated carbocycles. The van der Waals surface area contributed by atoms with Crippen LogP contribution in [0.5, 0.6) is 0 Å². The second-order valence-electron chi connectivity index (χ2n) is 6.87. The van der Waals surface area contributed by atoms with Gasteiger partial charge in [-0.1, -0.05) is 13.0 Å². The van der Waals surface area contributed by atoms with Crippen molar-refractivity contribution in [3.63, 3.8) is 0 Å². The number of hydrogen-bond acceptors (Lipinski definition) is 4. The van der Waals surface area contributed by atoms with Crippen molar-refractivity contribution in [2.45, 2.75) is 52.0 Å². The summed E-state index contributed by atoms with van der Waals surface area (Å²) in [7, 11) is 0. The zero-order valence-electron chi connectivity index (χ0n) is 16.9. The monoisotopic (exact) mass is 488 g/mol. The molecule has 1 aliphatic heterocycles. The highest BCUT2D eigenvalue weighted by atomic mass is 127. The van der Waals surface area contributed by atoms with Gasteiger partial charge in [0.15, 0.2) is 5.96 Å². The van der Waals surface area contributed by atoms with Crippen molar-refractivity contribution in [1.29, 1.82) is 0 Å². The Morgan fingerprint density at radius 2 is 2.04 bits per heavy atom. The van der Waals surface area contributed by atoms with Crippen molar-refractivity contribution in [2.24, 2.45) is 4.99 Å². The topological polar surface area (TPSA) is 64.6 Å². The molecule has 2 rings (SSSR count). The van der Waals surface area contributed by atoms with Gasteiger partial charge in [0, 0.05) is 45.0 Å². The summed E-state index contributed by atoms with van der Waals surface area (Å²) in [6.45, 7) is 10.7. The second kappa shape index (κ2) is 14.9. The molecule has 1 saturated heterocycles. The predicted molar refractivity (Wildman–Crippen MR) is 126 cm³/mol. The van der Waals surface area contributed by atoms with Crippen molar-refractivity contribution in [3.05, 3.63) is 24.4 Å². The van der Waals surface area contributed by atoms with E-state index in [9.17, 15) is 0 Å². The van der Waals surface area contributed by atoms with Crippen molar-refractivity contribution in [3.8, 4) is 0 Å². The van der Waals surface area contributed by atoms with Crippen LogP contribution in [-0.2, 0) is 0 Å². The van der Waals surface area contributed by atoms with Crippen molar-refractivity contribution in [1.82, 2.24) is 20.5 Å². The number of rotatable bonds is 10. The third-order valence-electron chi connectivity index (χ3n) is 4.64. The van der Waals surface area contributed by atoms with E-state index < -0.39 is 0 Å². The number of nitrogens with zero attached hydrogens (tertiary/aromatic N) is 3. The molecule has 1 fully saturated rings. The molecule has 0 unspecified atom stereocenters. The summed E-state index contributed by atoms with van der Waals surface area (Å²) in [5.74, 6) is 1.92. The first-order valence-corrected chi connectivity index (χ1v) is 10.2. The lowest BCUT2D eigenvalue weighted by molar-refractivity contribution is 0.206. The highest BCUT2D eigenvalue weighted by Crippen LogP contribution is 2.10. The van der Waals surface area contributed by atoms with Crippen LogP contribution in [0.1, 0.15) is 46.0 Å². The van der Waals surface area contributed by atoms with Gasteiger partial charge in [0.25, 0.3) is 0 Å². The number of piperidine rings is 1. The Kier molecular flexibility index (Phi) is 13.2. The van der Waals surface area contributed by atoms with Crippen molar-refractivity contribution in [2.75, 3.05) is 44.6 Å². The molecule has 0 spiro atoms. The maximum absolute atomic E-state index is 4.74. The van der Waals surface area contributed by atoms with Crippen LogP contribution in [0.3, 0.4) is 0 Å². The van der Waals surface area contributed by atoms with Gasteiger partial charge in [-0.25, -0.2) is 4.98 Å². The summed E-state index contributed by atoms with van der Waals surface area (Å²) < 4.78 is 0. The molecule has 0 aromatic carbocycles. The first kappa shape index (κ1) is 23.9. The summed E-state index contributed by atoms with van der Waals surface area (Å²) in [6.07, 6.45) is 7.64. The van der Waals surface area contributed by atoms with Crippen LogP contribution in [0.25, 0.3) is 0 Å². The molecule has 1 aliphatic rings. The second-order valence-corrected chi connectivity index (χ2v) is 6.87. The maximum atomic E-state index is 4.74. The number of unbranched alkanes of at least 4 members (excludes halogenated alkanes) is 1. The van der Waals surface area contributed by atoms with Crippen molar-refractivity contribution < 1.29 is 0 Å². The zero-order chi connectivity index (χ0) is 18.5. The van der Waals surface area contributed by atoms with E-state index >= 15 is 0 Å². The number of hydrogen-bond donors (Lipinski definition) is 3. The number of aromatic nitrogens is 1. The summed E-state index contributed by atoms with van der Waals surface area (Å²) in [5, 5.41) is 10.3. The Hall–Kier alpha value is -1.09. The molecule has 154 valence electrons. The fourth-order valence-electron chi connectivity index (χ4n) is 3.24. The largest absolute Gasteiger partial charge is 0.370 e. The van der Waals surface area contributed by atoms with Crippen LogP contribution in [0, 0.1) is 0 Å². The van der Waals surface area contributed by atoms with Gasteiger partial charge in [-0.15, -0.1) is 24.0 Å². The lowest BCUT2D eigenvalue weighted by atomic mass is 10.1. The van der Waals surface area contributed by atoms with Gasteiger partial charge < -0.3 is 20.9 Å². The molecule has 0 amide bonds.